The Hall–Kier alpha value is -2.11. The van der Waals surface area contributed by atoms with Gasteiger partial charge in [0.1, 0.15) is 11.3 Å². The van der Waals surface area contributed by atoms with Crippen molar-refractivity contribution in [2.45, 2.75) is 6.54 Å². The molecule has 21 heavy (non-hydrogen) atoms. The molecule has 106 valence electrons. The van der Waals surface area contributed by atoms with E-state index >= 15 is 0 Å². The van der Waals surface area contributed by atoms with E-state index in [2.05, 4.69) is 5.10 Å². The van der Waals surface area contributed by atoms with E-state index in [4.69, 9.17) is 11.6 Å². The number of carboxylic acids is 1. The van der Waals surface area contributed by atoms with Crippen LogP contribution in [0.2, 0.25) is 5.02 Å². The molecule has 0 unspecified atom stereocenters. The van der Waals surface area contributed by atoms with Gasteiger partial charge in [-0.15, -0.1) is 11.3 Å². The summed E-state index contributed by atoms with van der Waals surface area (Å²) in [5.74, 6) is -0.972. The van der Waals surface area contributed by atoms with Gasteiger partial charge in [-0.2, -0.15) is 5.10 Å². The van der Waals surface area contributed by atoms with Gasteiger partial charge < -0.3 is 5.11 Å². The molecule has 1 aromatic carbocycles. The van der Waals surface area contributed by atoms with Gasteiger partial charge in [-0.1, -0.05) is 29.8 Å². The van der Waals surface area contributed by atoms with Gasteiger partial charge >= 0.3 is 5.97 Å². The highest BCUT2D eigenvalue weighted by Gasteiger charge is 2.17. The first-order valence-electron chi connectivity index (χ1n) is 6.22. The summed E-state index contributed by atoms with van der Waals surface area (Å²) in [5.41, 5.74) is 1.73. The lowest BCUT2D eigenvalue weighted by molar-refractivity contribution is 0.0697. The number of hydrogen-bond donors (Lipinski definition) is 1. The number of benzene rings is 1. The molecule has 0 atom stereocenters. The van der Waals surface area contributed by atoms with Gasteiger partial charge in [0.15, 0.2) is 0 Å². The van der Waals surface area contributed by atoms with Crippen LogP contribution in [0, 0.1) is 0 Å². The first-order chi connectivity index (χ1) is 10.1. The molecule has 0 aliphatic carbocycles. The molecule has 1 N–H and O–H groups in total. The topological polar surface area (TPSA) is 55.1 Å². The van der Waals surface area contributed by atoms with Crippen molar-refractivity contribution < 1.29 is 9.90 Å². The molecular formula is C15H11ClN2O2S. The van der Waals surface area contributed by atoms with Crippen molar-refractivity contribution in [1.82, 2.24) is 9.78 Å². The van der Waals surface area contributed by atoms with Gasteiger partial charge in [0, 0.05) is 11.2 Å². The maximum Gasteiger partial charge on any atom is 0.339 e. The van der Waals surface area contributed by atoms with Crippen molar-refractivity contribution in [3.05, 3.63) is 64.1 Å². The zero-order chi connectivity index (χ0) is 14.8. The van der Waals surface area contributed by atoms with E-state index in [1.807, 2.05) is 29.6 Å². The largest absolute Gasteiger partial charge is 0.478 e. The molecule has 0 saturated carbocycles. The Kier molecular flexibility index (Phi) is 3.77. The summed E-state index contributed by atoms with van der Waals surface area (Å²) >= 11 is 7.33. The van der Waals surface area contributed by atoms with E-state index in [1.165, 1.54) is 11.3 Å². The molecule has 0 saturated heterocycles. The molecule has 4 nitrogen and oxygen atoms in total. The van der Waals surface area contributed by atoms with Crippen LogP contribution in [0.1, 0.15) is 15.9 Å². The first kappa shape index (κ1) is 13.9. The average molecular weight is 319 g/mol. The van der Waals surface area contributed by atoms with Gasteiger partial charge in [0.05, 0.1) is 11.4 Å². The van der Waals surface area contributed by atoms with Crippen LogP contribution in [0.15, 0.2) is 48.0 Å². The molecule has 3 aromatic rings. The fraction of sp³-hybridized carbons (Fsp3) is 0.0667. The van der Waals surface area contributed by atoms with E-state index in [0.717, 1.165) is 10.4 Å². The first-order valence-corrected chi connectivity index (χ1v) is 7.48. The predicted octanol–water partition coefficient (Wildman–Crippen LogP) is 4.01. The van der Waals surface area contributed by atoms with Crippen LogP contribution in [-0.2, 0) is 6.54 Å². The van der Waals surface area contributed by atoms with Crippen molar-refractivity contribution >= 4 is 28.9 Å². The highest BCUT2D eigenvalue weighted by atomic mass is 35.5. The summed E-state index contributed by atoms with van der Waals surface area (Å²) < 4.78 is 1.64. The number of rotatable bonds is 4. The minimum atomic E-state index is -0.972. The molecule has 0 aliphatic rings. The van der Waals surface area contributed by atoms with Crippen LogP contribution in [0.4, 0.5) is 0 Å². The van der Waals surface area contributed by atoms with Gasteiger partial charge in [-0.25, -0.2) is 4.79 Å². The Bertz CT molecular complexity index is 764. The van der Waals surface area contributed by atoms with E-state index in [1.54, 1.807) is 23.0 Å². The minimum Gasteiger partial charge on any atom is -0.478 e. The van der Waals surface area contributed by atoms with Crippen molar-refractivity contribution in [2.75, 3.05) is 0 Å². The number of nitrogens with zero attached hydrogens (tertiary/aromatic N) is 2. The number of aromatic nitrogens is 2. The molecule has 3 rings (SSSR count). The van der Waals surface area contributed by atoms with E-state index in [9.17, 15) is 9.90 Å². The Morgan fingerprint density at radius 2 is 2.05 bits per heavy atom. The Balaban J connectivity index is 1.95. The monoisotopic (exact) mass is 318 g/mol. The molecular weight excluding hydrogens is 308 g/mol. The van der Waals surface area contributed by atoms with Crippen LogP contribution < -0.4 is 0 Å². The summed E-state index contributed by atoms with van der Waals surface area (Å²) in [6, 6.07) is 11.2. The Labute approximate surface area is 130 Å². The number of carbonyl (C=O) groups is 1. The quantitative estimate of drug-likeness (QED) is 0.790. The van der Waals surface area contributed by atoms with Crippen molar-refractivity contribution in [1.29, 1.82) is 0 Å². The summed E-state index contributed by atoms with van der Waals surface area (Å²) in [6.45, 7) is 0.503. The van der Waals surface area contributed by atoms with Gasteiger partial charge in [0.25, 0.3) is 0 Å². The second-order valence-electron chi connectivity index (χ2n) is 4.50. The second-order valence-corrected chi connectivity index (χ2v) is 5.88. The third kappa shape index (κ3) is 2.99. The summed E-state index contributed by atoms with van der Waals surface area (Å²) in [6.07, 6.45) is 1.56. The Morgan fingerprint density at radius 1 is 1.29 bits per heavy atom. The zero-order valence-corrected chi connectivity index (χ0v) is 12.4. The van der Waals surface area contributed by atoms with Crippen molar-refractivity contribution in [3.8, 4) is 10.6 Å². The summed E-state index contributed by atoms with van der Waals surface area (Å²) in [4.78, 5) is 12.2. The number of halogens is 1. The van der Waals surface area contributed by atoms with E-state index < -0.39 is 5.97 Å². The maximum atomic E-state index is 11.4. The normalized spacial score (nSPS) is 10.7. The van der Waals surface area contributed by atoms with E-state index in [0.29, 0.717) is 17.3 Å². The van der Waals surface area contributed by atoms with Crippen LogP contribution >= 0.6 is 22.9 Å². The molecule has 0 radical (unpaired) electrons. The third-order valence-electron chi connectivity index (χ3n) is 3.00. The SMILES string of the molecule is O=C(O)c1cn(Cc2ccc(Cl)cc2)nc1-c1cccs1. The number of thiophene rings is 1. The predicted molar refractivity (Wildman–Crippen MR) is 83.1 cm³/mol. The fourth-order valence-electron chi connectivity index (χ4n) is 2.03. The molecule has 0 fully saturated rings. The second kappa shape index (κ2) is 5.71. The zero-order valence-electron chi connectivity index (χ0n) is 10.9. The minimum absolute atomic E-state index is 0.214. The molecule has 2 aromatic heterocycles. The van der Waals surface area contributed by atoms with Crippen LogP contribution in [0.5, 0.6) is 0 Å². The maximum absolute atomic E-state index is 11.4. The third-order valence-corrected chi connectivity index (χ3v) is 4.13. The molecule has 0 aliphatic heterocycles. The van der Waals surface area contributed by atoms with Crippen molar-refractivity contribution in [2.24, 2.45) is 0 Å². The van der Waals surface area contributed by atoms with Crippen molar-refractivity contribution in [3.63, 3.8) is 0 Å². The fourth-order valence-corrected chi connectivity index (χ4v) is 2.88. The summed E-state index contributed by atoms with van der Waals surface area (Å²) in [7, 11) is 0. The number of hydrogen-bond acceptors (Lipinski definition) is 3. The standard InChI is InChI=1S/C15H11ClN2O2S/c16-11-5-3-10(4-6-11)8-18-9-12(15(19)20)14(17-18)13-2-1-7-21-13/h1-7,9H,8H2,(H,19,20). The van der Waals surface area contributed by atoms with Gasteiger partial charge in [-0.3, -0.25) is 4.68 Å². The molecule has 0 bridgehead atoms. The van der Waals surface area contributed by atoms with Crippen LogP contribution in [0.25, 0.3) is 10.6 Å². The Morgan fingerprint density at radius 3 is 2.67 bits per heavy atom. The van der Waals surface area contributed by atoms with E-state index in [-0.39, 0.29) is 5.56 Å². The van der Waals surface area contributed by atoms with Crippen LogP contribution in [0.3, 0.4) is 0 Å². The smallest absolute Gasteiger partial charge is 0.339 e. The lowest BCUT2D eigenvalue weighted by atomic mass is 10.2. The number of carboxylic acid groups (broad SMARTS) is 1. The average Bonchev–Trinajstić information content (AvgIpc) is 3.10. The molecule has 0 spiro atoms. The van der Waals surface area contributed by atoms with Gasteiger partial charge in [-0.05, 0) is 29.1 Å². The van der Waals surface area contributed by atoms with Crippen LogP contribution in [-0.4, -0.2) is 20.9 Å². The molecule has 6 heteroatoms. The highest BCUT2D eigenvalue weighted by molar-refractivity contribution is 7.13. The highest BCUT2D eigenvalue weighted by Crippen LogP contribution is 2.27. The lowest BCUT2D eigenvalue weighted by Gasteiger charge is -2.01. The van der Waals surface area contributed by atoms with Gasteiger partial charge in [0.2, 0.25) is 0 Å². The summed E-state index contributed by atoms with van der Waals surface area (Å²) in [5, 5.41) is 16.3. The molecule has 2 heterocycles. The number of aromatic carboxylic acids is 1. The molecule has 0 amide bonds. The lowest BCUT2D eigenvalue weighted by Crippen LogP contribution is -2.00.